The van der Waals surface area contributed by atoms with E-state index in [2.05, 4.69) is 20.7 Å². The first kappa shape index (κ1) is 12.1. The summed E-state index contributed by atoms with van der Waals surface area (Å²) in [4.78, 5) is 1.55. The summed E-state index contributed by atoms with van der Waals surface area (Å²) in [6.07, 6.45) is 3.26. The molecule has 19 heavy (non-hydrogen) atoms. The Hall–Kier alpha value is -1.95. The minimum absolute atomic E-state index is 0.489. The van der Waals surface area contributed by atoms with Crippen LogP contribution >= 0.6 is 0 Å². The number of nitrogens with one attached hydrogen (secondary N) is 1. The predicted molar refractivity (Wildman–Crippen MR) is 70.4 cm³/mol. The summed E-state index contributed by atoms with van der Waals surface area (Å²) in [5, 5.41) is 16.1. The molecule has 1 unspecified atom stereocenters. The first-order valence-electron chi connectivity index (χ1n) is 6.52. The van der Waals surface area contributed by atoms with Gasteiger partial charge in [0, 0.05) is 18.5 Å². The fourth-order valence-corrected chi connectivity index (χ4v) is 2.32. The summed E-state index contributed by atoms with van der Waals surface area (Å²) in [5.74, 6) is 1.57. The number of methoxy groups -OCH3 is 1. The van der Waals surface area contributed by atoms with Crippen LogP contribution in [0.2, 0.25) is 0 Å². The smallest absolute Gasteiger partial charge is 0.176 e. The van der Waals surface area contributed by atoms with Crippen LogP contribution in [0.5, 0.6) is 5.75 Å². The van der Waals surface area contributed by atoms with Crippen LogP contribution in [0.1, 0.15) is 18.7 Å². The molecule has 6 heteroatoms. The molecule has 1 aromatic heterocycles. The van der Waals surface area contributed by atoms with Crippen molar-refractivity contribution in [3.05, 3.63) is 30.1 Å². The lowest BCUT2D eigenvalue weighted by molar-refractivity contribution is 0.414. The molecule has 6 nitrogen and oxygen atoms in total. The molecule has 0 radical (unpaired) electrons. The van der Waals surface area contributed by atoms with Crippen molar-refractivity contribution in [2.45, 2.75) is 25.3 Å². The third-order valence-electron chi connectivity index (χ3n) is 3.33. The summed E-state index contributed by atoms with van der Waals surface area (Å²) >= 11 is 0. The highest BCUT2D eigenvalue weighted by Gasteiger charge is 2.17. The molecule has 0 saturated carbocycles. The molecular formula is C13H17N5O. The van der Waals surface area contributed by atoms with Gasteiger partial charge in [-0.15, -0.1) is 15.0 Å². The van der Waals surface area contributed by atoms with Crippen molar-refractivity contribution in [1.29, 1.82) is 0 Å². The van der Waals surface area contributed by atoms with Gasteiger partial charge >= 0.3 is 0 Å². The molecule has 0 amide bonds. The van der Waals surface area contributed by atoms with E-state index in [0.29, 0.717) is 6.04 Å². The summed E-state index contributed by atoms with van der Waals surface area (Å²) in [6, 6.07) is 8.11. The fourth-order valence-electron chi connectivity index (χ4n) is 2.32. The lowest BCUT2D eigenvalue weighted by Gasteiger charge is -2.05. The highest BCUT2D eigenvalue weighted by atomic mass is 16.5. The number of aromatic nitrogens is 4. The molecule has 1 aliphatic heterocycles. The van der Waals surface area contributed by atoms with Crippen LogP contribution < -0.4 is 10.1 Å². The topological polar surface area (TPSA) is 64.9 Å². The van der Waals surface area contributed by atoms with Gasteiger partial charge in [0.1, 0.15) is 5.75 Å². The van der Waals surface area contributed by atoms with Crippen LogP contribution in [0.15, 0.2) is 24.3 Å². The predicted octanol–water partition coefficient (Wildman–Crippen LogP) is 0.965. The molecule has 0 spiro atoms. The Kier molecular flexibility index (Phi) is 3.41. The molecule has 1 N–H and O–H groups in total. The lowest BCUT2D eigenvalue weighted by atomic mass is 10.1. The second kappa shape index (κ2) is 5.36. The van der Waals surface area contributed by atoms with E-state index < -0.39 is 0 Å². The van der Waals surface area contributed by atoms with E-state index in [1.807, 2.05) is 24.3 Å². The SMILES string of the molecule is COc1cccc(-n2nnc(CC3CCCN3)n2)c1. The van der Waals surface area contributed by atoms with E-state index in [0.717, 1.165) is 30.2 Å². The standard InChI is InChI=1S/C13H17N5O/c1-19-12-6-2-5-11(9-12)18-16-13(15-17-18)8-10-4-3-7-14-10/h2,5-6,9-10,14H,3-4,7-8H2,1H3. The van der Waals surface area contributed by atoms with Gasteiger partial charge in [-0.1, -0.05) is 6.07 Å². The van der Waals surface area contributed by atoms with Crippen molar-refractivity contribution in [1.82, 2.24) is 25.5 Å². The third-order valence-corrected chi connectivity index (χ3v) is 3.33. The Balaban J connectivity index is 1.76. The molecule has 1 fully saturated rings. The molecular weight excluding hydrogens is 242 g/mol. The van der Waals surface area contributed by atoms with Gasteiger partial charge < -0.3 is 10.1 Å². The van der Waals surface area contributed by atoms with E-state index in [4.69, 9.17) is 4.74 Å². The molecule has 1 atom stereocenters. The van der Waals surface area contributed by atoms with Gasteiger partial charge in [-0.25, -0.2) is 0 Å². The molecule has 3 rings (SSSR count). The van der Waals surface area contributed by atoms with Crippen molar-refractivity contribution in [2.75, 3.05) is 13.7 Å². The Labute approximate surface area is 111 Å². The van der Waals surface area contributed by atoms with Crippen molar-refractivity contribution >= 4 is 0 Å². The summed E-state index contributed by atoms with van der Waals surface area (Å²) in [7, 11) is 1.64. The number of hydrogen-bond acceptors (Lipinski definition) is 5. The zero-order valence-electron chi connectivity index (χ0n) is 10.9. The van der Waals surface area contributed by atoms with E-state index in [9.17, 15) is 0 Å². The van der Waals surface area contributed by atoms with E-state index in [1.165, 1.54) is 12.8 Å². The van der Waals surface area contributed by atoms with E-state index >= 15 is 0 Å². The Morgan fingerprint density at radius 3 is 3.21 bits per heavy atom. The fraction of sp³-hybridized carbons (Fsp3) is 0.462. The summed E-state index contributed by atoms with van der Waals surface area (Å²) in [5.41, 5.74) is 0.859. The van der Waals surface area contributed by atoms with Gasteiger partial charge in [-0.05, 0) is 36.7 Å². The summed E-state index contributed by atoms with van der Waals surface area (Å²) < 4.78 is 5.19. The van der Waals surface area contributed by atoms with Crippen LogP contribution in [-0.4, -0.2) is 39.9 Å². The Morgan fingerprint density at radius 2 is 2.42 bits per heavy atom. The van der Waals surface area contributed by atoms with Gasteiger partial charge in [0.2, 0.25) is 0 Å². The molecule has 1 saturated heterocycles. The highest BCUT2D eigenvalue weighted by Crippen LogP contribution is 2.15. The van der Waals surface area contributed by atoms with Crippen LogP contribution in [0.25, 0.3) is 5.69 Å². The number of tetrazole rings is 1. The molecule has 1 aromatic carbocycles. The normalized spacial score (nSPS) is 18.7. The molecule has 2 heterocycles. The number of nitrogens with zero attached hydrogens (tertiary/aromatic N) is 4. The van der Waals surface area contributed by atoms with Crippen LogP contribution in [-0.2, 0) is 6.42 Å². The monoisotopic (exact) mass is 259 g/mol. The maximum absolute atomic E-state index is 5.19. The van der Waals surface area contributed by atoms with Gasteiger partial charge in [0.15, 0.2) is 5.82 Å². The quantitative estimate of drug-likeness (QED) is 0.886. The highest BCUT2D eigenvalue weighted by molar-refractivity contribution is 5.37. The molecule has 0 aliphatic carbocycles. The second-order valence-electron chi connectivity index (χ2n) is 4.69. The third kappa shape index (κ3) is 2.73. The van der Waals surface area contributed by atoms with Gasteiger partial charge in [0.05, 0.1) is 12.8 Å². The Morgan fingerprint density at radius 1 is 1.47 bits per heavy atom. The number of benzene rings is 1. The van der Waals surface area contributed by atoms with Crippen molar-refractivity contribution < 1.29 is 4.74 Å². The Bertz CT molecular complexity index is 547. The zero-order valence-corrected chi connectivity index (χ0v) is 10.9. The van der Waals surface area contributed by atoms with Crippen molar-refractivity contribution in [3.63, 3.8) is 0 Å². The van der Waals surface area contributed by atoms with Gasteiger partial charge in [-0.3, -0.25) is 0 Å². The van der Waals surface area contributed by atoms with Crippen molar-refractivity contribution in [3.8, 4) is 11.4 Å². The van der Waals surface area contributed by atoms with E-state index in [-0.39, 0.29) is 0 Å². The molecule has 100 valence electrons. The van der Waals surface area contributed by atoms with Gasteiger partial charge in [0.25, 0.3) is 0 Å². The minimum Gasteiger partial charge on any atom is -0.497 e. The largest absolute Gasteiger partial charge is 0.497 e. The number of ether oxygens (including phenoxy) is 1. The number of rotatable bonds is 4. The molecule has 0 bridgehead atoms. The lowest BCUT2D eigenvalue weighted by Crippen LogP contribution is -2.24. The second-order valence-corrected chi connectivity index (χ2v) is 4.69. The maximum atomic E-state index is 5.19. The van der Waals surface area contributed by atoms with Crippen molar-refractivity contribution in [2.24, 2.45) is 0 Å². The zero-order chi connectivity index (χ0) is 13.1. The average Bonchev–Trinajstić information content (AvgIpc) is 3.11. The van der Waals surface area contributed by atoms with Crippen LogP contribution in [0, 0.1) is 0 Å². The average molecular weight is 259 g/mol. The molecule has 2 aromatic rings. The maximum Gasteiger partial charge on any atom is 0.176 e. The molecule has 1 aliphatic rings. The van der Waals surface area contributed by atoms with Crippen LogP contribution in [0.4, 0.5) is 0 Å². The first-order chi connectivity index (χ1) is 9.35. The summed E-state index contributed by atoms with van der Waals surface area (Å²) in [6.45, 7) is 1.09. The van der Waals surface area contributed by atoms with E-state index in [1.54, 1.807) is 11.9 Å². The minimum atomic E-state index is 0.489. The first-order valence-corrected chi connectivity index (χ1v) is 6.52. The van der Waals surface area contributed by atoms with Crippen LogP contribution in [0.3, 0.4) is 0 Å². The van der Waals surface area contributed by atoms with Gasteiger partial charge in [-0.2, -0.15) is 0 Å². The number of hydrogen-bond donors (Lipinski definition) is 1.